The topological polar surface area (TPSA) is 18.5 Å². The standard InChI is InChI=1S/C25H48O2Si2/c1-24-14-9-10-21(24)20-12-11-18-16-19(26-28(3,4)5)17-23(27-29(6,7)8)25(18,2)22(20)13-15-24/h18-23H,9-17H2,1-8H3. The van der Waals surface area contributed by atoms with Crippen molar-refractivity contribution in [1.29, 1.82) is 0 Å². The van der Waals surface area contributed by atoms with Gasteiger partial charge in [0.1, 0.15) is 0 Å². The molecule has 0 aromatic rings. The van der Waals surface area contributed by atoms with Crippen molar-refractivity contribution in [3.63, 3.8) is 0 Å². The molecule has 4 saturated carbocycles. The molecular weight excluding hydrogens is 388 g/mol. The van der Waals surface area contributed by atoms with Gasteiger partial charge in [0.2, 0.25) is 0 Å². The molecule has 0 aliphatic heterocycles. The third-order valence-electron chi connectivity index (χ3n) is 9.48. The van der Waals surface area contributed by atoms with E-state index in [4.69, 9.17) is 8.85 Å². The lowest BCUT2D eigenvalue weighted by atomic mass is 9.44. The number of rotatable bonds is 4. The van der Waals surface area contributed by atoms with E-state index in [1.807, 2.05) is 0 Å². The number of hydrogen-bond acceptors (Lipinski definition) is 2. The van der Waals surface area contributed by atoms with Crippen molar-refractivity contribution in [2.75, 3.05) is 0 Å². The summed E-state index contributed by atoms with van der Waals surface area (Å²) in [5.41, 5.74) is 1.02. The van der Waals surface area contributed by atoms with Crippen LogP contribution in [0.15, 0.2) is 0 Å². The minimum absolute atomic E-state index is 0.367. The zero-order valence-corrected chi connectivity index (χ0v) is 22.6. The lowest BCUT2D eigenvalue weighted by Crippen LogP contribution is -2.61. The van der Waals surface area contributed by atoms with E-state index in [0.29, 0.717) is 23.0 Å². The summed E-state index contributed by atoms with van der Waals surface area (Å²) >= 11 is 0. The molecule has 4 aliphatic carbocycles. The SMILES string of the molecule is CC12CCCC1C1CCC3CC(O[Si](C)(C)C)CC(O[Si](C)(C)C)C3(C)C1CC2. The van der Waals surface area contributed by atoms with Crippen LogP contribution in [0.5, 0.6) is 0 Å². The highest BCUT2D eigenvalue weighted by Crippen LogP contribution is 2.66. The fourth-order valence-corrected chi connectivity index (χ4v) is 10.8. The predicted octanol–water partition coefficient (Wildman–Crippen LogP) is 7.47. The van der Waals surface area contributed by atoms with Crippen LogP contribution in [0.1, 0.15) is 71.6 Å². The monoisotopic (exact) mass is 436 g/mol. The first-order valence-electron chi connectivity index (χ1n) is 12.7. The number of fused-ring (bicyclic) bond motifs is 5. The van der Waals surface area contributed by atoms with Crippen molar-refractivity contribution in [2.24, 2.45) is 34.5 Å². The average Bonchev–Trinajstić information content (AvgIpc) is 2.95. The molecule has 0 bridgehead atoms. The van der Waals surface area contributed by atoms with Crippen LogP contribution < -0.4 is 0 Å². The Bertz CT molecular complexity index is 609. The summed E-state index contributed by atoms with van der Waals surface area (Å²) in [7, 11) is -3.12. The van der Waals surface area contributed by atoms with E-state index in [-0.39, 0.29) is 0 Å². The Hall–Kier alpha value is 0.354. The maximum absolute atomic E-state index is 7.06. The van der Waals surface area contributed by atoms with Gasteiger partial charge in [-0.15, -0.1) is 0 Å². The summed E-state index contributed by atoms with van der Waals surface area (Å²) in [5, 5.41) is 0. The van der Waals surface area contributed by atoms with Crippen LogP contribution in [0.25, 0.3) is 0 Å². The van der Waals surface area contributed by atoms with E-state index in [1.165, 1.54) is 51.4 Å². The minimum atomic E-state index is -1.60. The van der Waals surface area contributed by atoms with Gasteiger partial charge in [0.05, 0.1) is 6.10 Å². The Morgan fingerprint density at radius 1 is 0.724 bits per heavy atom. The first-order chi connectivity index (χ1) is 13.3. The van der Waals surface area contributed by atoms with Gasteiger partial charge < -0.3 is 8.85 Å². The van der Waals surface area contributed by atoms with E-state index in [1.54, 1.807) is 0 Å². The van der Waals surface area contributed by atoms with Gasteiger partial charge in [0.15, 0.2) is 16.6 Å². The fraction of sp³-hybridized carbons (Fsp3) is 1.00. The first kappa shape index (κ1) is 22.5. The zero-order valence-electron chi connectivity index (χ0n) is 20.6. The van der Waals surface area contributed by atoms with Gasteiger partial charge in [-0.05, 0) is 125 Å². The van der Waals surface area contributed by atoms with Crippen molar-refractivity contribution >= 4 is 16.6 Å². The Labute approximate surface area is 183 Å². The van der Waals surface area contributed by atoms with Gasteiger partial charge in [0, 0.05) is 6.10 Å². The molecule has 2 nitrogen and oxygen atoms in total. The molecule has 4 heteroatoms. The highest BCUT2D eigenvalue weighted by molar-refractivity contribution is 6.70. The minimum Gasteiger partial charge on any atom is -0.415 e. The molecule has 0 radical (unpaired) electrons. The molecule has 4 rings (SSSR count). The molecule has 0 spiro atoms. The summed E-state index contributed by atoms with van der Waals surface area (Å²) in [6.45, 7) is 19.5. The molecule has 0 heterocycles. The molecule has 0 saturated heterocycles. The molecule has 0 aromatic heterocycles. The molecule has 8 unspecified atom stereocenters. The normalized spacial score (nSPS) is 48.0. The van der Waals surface area contributed by atoms with E-state index in [2.05, 4.69) is 53.1 Å². The van der Waals surface area contributed by atoms with Crippen LogP contribution in [0, 0.1) is 34.5 Å². The highest BCUT2D eigenvalue weighted by Gasteiger charge is 2.61. The Kier molecular flexibility index (Phi) is 5.79. The smallest absolute Gasteiger partial charge is 0.184 e. The Balaban J connectivity index is 1.64. The van der Waals surface area contributed by atoms with Gasteiger partial charge in [-0.1, -0.05) is 20.3 Å². The van der Waals surface area contributed by atoms with E-state index >= 15 is 0 Å². The van der Waals surface area contributed by atoms with Crippen LogP contribution in [-0.4, -0.2) is 28.8 Å². The van der Waals surface area contributed by atoms with Crippen molar-refractivity contribution in [3.05, 3.63) is 0 Å². The van der Waals surface area contributed by atoms with Crippen LogP contribution in [0.2, 0.25) is 39.3 Å². The molecular formula is C25H48O2Si2. The Morgan fingerprint density at radius 3 is 2.07 bits per heavy atom. The molecule has 4 fully saturated rings. The van der Waals surface area contributed by atoms with Gasteiger partial charge in [0.25, 0.3) is 0 Å². The first-order valence-corrected chi connectivity index (χ1v) is 19.5. The number of hydrogen-bond donors (Lipinski definition) is 0. The third kappa shape index (κ3) is 4.21. The van der Waals surface area contributed by atoms with Gasteiger partial charge in [-0.25, -0.2) is 0 Å². The van der Waals surface area contributed by atoms with Crippen molar-refractivity contribution in [1.82, 2.24) is 0 Å². The quantitative estimate of drug-likeness (QED) is 0.425. The van der Waals surface area contributed by atoms with E-state index in [9.17, 15) is 0 Å². The van der Waals surface area contributed by atoms with Crippen LogP contribution >= 0.6 is 0 Å². The van der Waals surface area contributed by atoms with Crippen molar-refractivity contribution < 1.29 is 8.85 Å². The van der Waals surface area contributed by atoms with Crippen LogP contribution in [0.4, 0.5) is 0 Å². The molecule has 168 valence electrons. The second-order valence-corrected chi connectivity index (χ2v) is 22.6. The molecule has 0 N–H and O–H groups in total. The summed E-state index contributed by atoms with van der Waals surface area (Å²) in [5.74, 6) is 3.62. The lowest BCUT2D eigenvalue weighted by molar-refractivity contribution is -0.170. The van der Waals surface area contributed by atoms with Crippen molar-refractivity contribution in [3.8, 4) is 0 Å². The van der Waals surface area contributed by atoms with Crippen LogP contribution in [-0.2, 0) is 8.85 Å². The lowest BCUT2D eigenvalue weighted by Gasteiger charge is -2.63. The predicted molar refractivity (Wildman–Crippen MR) is 128 cm³/mol. The molecule has 8 atom stereocenters. The van der Waals surface area contributed by atoms with E-state index in [0.717, 1.165) is 30.1 Å². The highest BCUT2D eigenvalue weighted by atomic mass is 28.4. The molecule has 4 aliphatic rings. The average molecular weight is 437 g/mol. The fourth-order valence-electron chi connectivity index (χ4n) is 8.44. The zero-order chi connectivity index (χ0) is 21.2. The second-order valence-electron chi connectivity index (χ2n) is 13.6. The Morgan fingerprint density at radius 2 is 1.41 bits per heavy atom. The van der Waals surface area contributed by atoms with Crippen LogP contribution in [0.3, 0.4) is 0 Å². The maximum atomic E-state index is 7.06. The third-order valence-corrected chi connectivity index (χ3v) is 11.5. The molecule has 29 heavy (non-hydrogen) atoms. The summed E-state index contributed by atoms with van der Waals surface area (Å²) in [6, 6.07) is 0. The molecule has 0 amide bonds. The summed E-state index contributed by atoms with van der Waals surface area (Å²) < 4.78 is 13.8. The molecule has 0 aromatic carbocycles. The maximum Gasteiger partial charge on any atom is 0.184 e. The summed E-state index contributed by atoms with van der Waals surface area (Å²) in [6.07, 6.45) is 13.6. The second kappa shape index (κ2) is 7.45. The van der Waals surface area contributed by atoms with Gasteiger partial charge in [-0.3, -0.25) is 0 Å². The largest absolute Gasteiger partial charge is 0.415 e. The summed E-state index contributed by atoms with van der Waals surface area (Å²) in [4.78, 5) is 0. The van der Waals surface area contributed by atoms with Gasteiger partial charge in [-0.2, -0.15) is 0 Å². The van der Waals surface area contributed by atoms with E-state index < -0.39 is 16.6 Å². The van der Waals surface area contributed by atoms with Crippen molar-refractivity contribution in [2.45, 2.75) is 123 Å². The van der Waals surface area contributed by atoms with Gasteiger partial charge >= 0.3 is 0 Å².